The number of carbonyl (C=O) groups is 2. The maximum absolute atomic E-state index is 12.1. The molecule has 1 heterocycles. The Kier molecular flexibility index (Phi) is 2.65. The molecule has 0 bridgehead atoms. The number of esters is 1. The number of fused-ring (bicyclic) bond motifs is 1. The molecule has 0 aromatic rings. The Balaban J connectivity index is 1.97. The van der Waals surface area contributed by atoms with Crippen LogP contribution in [0.2, 0.25) is 0 Å². The Morgan fingerprint density at radius 2 is 2.21 bits per heavy atom. The van der Waals surface area contributed by atoms with Crippen LogP contribution in [0, 0.1) is 17.3 Å². The molecule has 19 heavy (non-hydrogen) atoms. The quantitative estimate of drug-likeness (QED) is 0.608. The molecule has 4 nitrogen and oxygen atoms in total. The van der Waals surface area contributed by atoms with E-state index in [0.29, 0.717) is 0 Å². The first-order valence-corrected chi connectivity index (χ1v) is 7.04. The number of hydrogen-bond donors (Lipinski definition) is 1. The molecule has 3 aliphatic rings. The van der Waals surface area contributed by atoms with E-state index in [9.17, 15) is 14.7 Å². The molecule has 5 unspecified atom stereocenters. The summed E-state index contributed by atoms with van der Waals surface area (Å²) in [6, 6.07) is 0. The zero-order chi connectivity index (χ0) is 13.8. The van der Waals surface area contributed by atoms with Gasteiger partial charge in [0, 0.05) is 12.3 Å². The van der Waals surface area contributed by atoms with Gasteiger partial charge in [0.05, 0.1) is 12.0 Å². The Hall–Kier alpha value is -1.16. The van der Waals surface area contributed by atoms with Gasteiger partial charge in [0.2, 0.25) is 0 Å². The van der Waals surface area contributed by atoms with E-state index in [1.807, 2.05) is 6.08 Å². The summed E-state index contributed by atoms with van der Waals surface area (Å²) in [4.78, 5) is 24.1. The molecule has 1 saturated carbocycles. The van der Waals surface area contributed by atoms with Crippen molar-refractivity contribution in [1.29, 1.82) is 0 Å². The SMILES string of the molecule is CC1C(=O)CC2(C(O)C3C=CCCC3)C(=O)OC12C. The van der Waals surface area contributed by atoms with E-state index in [0.717, 1.165) is 19.3 Å². The molecule has 104 valence electrons. The van der Waals surface area contributed by atoms with E-state index in [1.165, 1.54) is 0 Å². The van der Waals surface area contributed by atoms with E-state index in [-0.39, 0.29) is 24.0 Å². The van der Waals surface area contributed by atoms with Crippen LogP contribution >= 0.6 is 0 Å². The maximum Gasteiger partial charge on any atom is 0.319 e. The number of carbonyl (C=O) groups excluding carboxylic acids is 2. The third kappa shape index (κ3) is 1.38. The molecular weight excluding hydrogens is 244 g/mol. The molecule has 2 fully saturated rings. The number of allylic oxidation sites excluding steroid dienone is 1. The topological polar surface area (TPSA) is 63.6 Å². The normalized spacial score (nSPS) is 46.5. The largest absolute Gasteiger partial charge is 0.457 e. The van der Waals surface area contributed by atoms with Crippen LogP contribution in [-0.4, -0.2) is 28.6 Å². The summed E-state index contributed by atoms with van der Waals surface area (Å²) in [6.07, 6.45) is 6.25. The molecule has 0 amide bonds. The summed E-state index contributed by atoms with van der Waals surface area (Å²) in [7, 11) is 0. The van der Waals surface area contributed by atoms with Crippen LogP contribution in [0.3, 0.4) is 0 Å². The van der Waals surface area contributed by atoms with Crippen molar-refractivity contribution in [3.8, 4) is 0 Å². The zero-order valence-corrected chi connectivity index (χ0v) is 11.4. The fraction of sp³-hybridized carbons (Fsp3) is 0.733. The third-order valence-corrected chi connectivity index (χ3v) is 5.52. The third-order valence-electron chi connectivity index (χ3n) is 5.52. The molecule has 1 saturated heterocycles. The maximum atomic E-state index is 12.1. The number of hydrogen-bond acceptors (Lipinski definition) is 4. The Morgan fingerprint density at radius 1 is 1.47 bits per heavy atom. The van der Waals surface area contributed by atoms with Gasteiger partial charge in [0.1, 0.15) is 16.8 Å². The van der Waals surface area contributed by atoms with Crippen molar-refractivity contribution in [2.75, 3.05) is 0 Å². The van der Waals surface area contributed by atoms with E-state index in [4.69, 9.17) is 4.74 Å². The number of aliphatic hydroxyl groups excluding tert-OH is 1. The highest BCUT2D eigenvalue weighted by molar-refractivity contribution is 5.99. The predicted octanol–water partition coefficient (Wildman–Crippen LogP) is 1.61. The highest BCUT2D eigenvalue weighted by atomic mass is 16.6. The average Bonchev–Trinajstić information content (AvgIpc) is 2.57. The van der Waals surface area contributed by atoms with Gasteiger partial charge in [0.15, 0.2) is 0 Å². The summed E-state index contributed by atoms with van der Waals surface area (Å²) in [5.74, 6) is -0.752. The second-order valence-corrected chi connectivity index (χ2v) is 6.30. The number of rotatable bonds is 2. The van der Waals surface area contributed by atoms with Gasteiger partial charge < -0.3 is 9.84 Å². The summed E-state index contributed by atoms with van der Waals surface area (Å²) >= 11 is 0. The molecular formula is C15H20O4. The molecule has 2 aliphatic carbocycles. The van der Waals surface area contributed by atoms with E-state index in [2.05, 4.69) is 6.08 Å². The van der Waals surface area contributed by atoms with Gasteiger partial charge in [0.25, 0.3) is 0 Å². The minimum atomic E-state index is -1.02. The number of aliphatic hydroxyl groups is 1. The Labute approximate surface area is 112 Å². The van der Waals surface area contributed by atoms with Crippen molar-refractivity contribution in [2.24, 2.45) is 17.3 Å². The highest BCUT2D eigenvalue weighted by Crippen LogP contribution is 2.61. The van der Waals surface area contributed by atoms with Crippen LogP contribution in [0.4, 0.5) is 0 Å². The van der Waals surface area contributed by atoms with Gasteiger partial charge in [-0.1, -0.05) is 19.1 Å². The Morgan fingerprint density at radius 3 is 2.74 bits per heavy atom. The van der Waals surface area contributed by atoms with Crippen LogP contribution in [0.5, 0.6) is 0 Å². The first kappa shape index (κ1) is 12.9. The lowest BCUT2D eigenvalue weighted by Gasteiger charge is -2.55. The van der Waals surface area contributed by atoms with E-state index in [1.54, 1.807) is 13.8 Å². The van der Waals surface area contributed by atoms with Gasteiger partial charge in [-0.05, 0) is 26.2 Å². The van der Waals surface area contributed by atoms with Crippen molar-refractivity contribution in [2.45, 2.75) is 51.2 Å². The second-order valence-electron chi connectivity index (χ2n) is 6.30. The molecule has 3 rings (SSSR count). The number of Topliss-reactive ketones (excluding diaryl/α,β-unsaturated/α-hetero) is 1. The lowest BCUT2D eigenvalue weighted by molar-refractivity contribution is -0.261. The van der Waals surface area contributed by atoms with Gasteiger partial charge in [-0.2, -0.15) is 0 Å². The monoisotopic (exact) mass is 264 g/mol. The van der Waals surface area contributed by atoms with Crippen LogP contribution in [0.1, 0.15) is 39.5 Å². The van der Waals surface area contributed by atoms with Crippen molar-refractivity contribution >= 4 is 11.8 Å². The Bertz CT molecular complexity index is 469. The van der Waals surface area contributed by atoms with Crippen LogP contribution in [-0.2, 0) is 14.3 Å². The zero-order valence-electron chi connectivity index (χ0n) is 11.4. The predicted molar refractivity (Wildman–Crippen MR) is 68.2 cm³/mol. The minimum Gasteiger partial charge on any atom is -0.457 e. The van der Waals surface area contributed by atoms with Crippen LogP contribution < -0.4 is 0 Å². The summed E-state index contributed by atoms with van der Waals surface area (Å²) in [6.45, 7) is 3.58. The standard InChI is InChI=1S/C15H20O4/c1-9-11(16)8-15(13(18)19-14(9,15)2)12(17)10-6-4-3-5-7-10/h4,6,9-10,12,17H,3,5,7-8H2,1-2H3. The highest BCUT2D eigenvalue weighted by Gasteiger charge is 2.77. The van der Waals surface area contributed by atoms with Crippen molar-refractivity contribution in [3.63, 3.8) is 0 Å². The molecule has 0 spiro atoms. The van der Waals surface area contributed by atoms with Crippen LogP contribution in [0.15, 0.2) is 12.2 Å². The molecule has 1 N–H and O–H groups in total. The first-order chi connectivity index (χ1) is 8.93. The van der Waals surface area contributed by atoms with E-state index >= 15 is 0 Å². The lowest BCUT2D eigenvalue weighted by Crippen LogP contribution is -2.70. The number of ketones is 1. The van der Waals surface area contributed by atoms with Gasteiger partial charge in [-0.3, -0.25) is 9.59 Å². The fourth-order valence-corrected chi connectivity index (χ4v) is 3.97. The molecule has 1 aliphatic heterocycles. The smallest absolute Gasteiger partial charge is 0.319 e. The molecule has 5 atom stereocenters. The van der Waals surface area contributed by atoms with Crippen LogP contribution in [0.25, 0.3) is 0 Å². The average molecular weight is 264 g/mol. The number of ether oxygens (including phenoxy) is 1. The van der Waals surface area contributed by atoms with Crippen molar-refractivity contribution in [3.05, 3.63) is 12.2 Å². The second kappa shape index (κ2) is 3.92. The van der Waals surface area contributed by atoms with Crippen molar-refractivity contribution < 1.29 is 19.4 Å². The summed E-state index contributed by atoms with van der Waals surface area (Å²) < 4.78 is 5.30. The summed E-state index contributed by atoms with van der Waals surface area (Å²) in [5.41, 5.74) is -1.85. The fourth-order valence-electron chi connectivity index (χ4n) is 3.97. The molecule has 0 aromatic carbocycles. The van der Waals surface area contributed by atoms with Gasteiger partial charge in [-0.15, -0.1) is 0 Å². The van der Waals surface area contributed by atoms with Gasteiger partial charge in [-0.25, -0.2) is 0 Å². The minimum absolute atomic E-state index is 0.0205. The lowest BCUT2D eigenvalue weighted by atomic mass is 9.61. The summed E-state index contributed by atoms with van der Waals surface area (Å²) in [5, 5.41) is 10.7. The molecule has 4 heteroatoms. The van der Waals surface area contributed by atoms with E-state index < -0.39 is 23.1 Å². The van der Waals surface area contributed by atoms with Gasteiger partial charge >= 0.3 is 5.97 Å². The molecule has 0 aromatic heterocycles. The van der Waals surface area contributed by atoms with Crippen molar-refractivity contribution in [1.82, 2.24) is 0 Å². The first-order valence-electron chi connectivity index (χ1n) is 7.04. The molecule has 0 radical (unpaired) electrons.